The Morgan fingerprint density at radius 2 is 2.00 bits per heavy atom. The maximum absolute atomic E-state index is 11.7. The molecule has 2 saturated heterocycles. The number of amides is 1. The molecule has 3 fully saturated rings. The van der Waals surface area contributed by atoms with Crippen LogP contribution in [0.5, 0.6) is 0 Å². The predicted molar refractivity (Wildman–Crippen MR) is 71.1 cm³/mol. The minimum atomic E-state index is 0.374. The standard InChI is InChI=1S/C14H25N3O/c15-9-11-3-1-2-4-13(11)16-7-8-17-12(10-16)5-6-14(17)18/h11-13H,1-10,15H2. The van der Waals surface area contributed by atoms with Gasteiger partial charge in [-0.3, -0.25) is 9.69 Å². The lowest BCUT2D eigenvalue weighted by molar-refractivity contribution is -0.131. The van der Waals surface area contributed by atoms with Gasteiger partial charge in [-0.1, -0.05) is 12.8 Å². The van der Waals surface area contributed by atoms with E-state index < -0.39 is 0 Å². The highest BCUT2D eigenvalue weighted by atomic mass is 16.2. The van der Waals surface area contributed by atoms with Gasteiger partial charge in [0.25, 0.3) is 0 Å². The monoisotopic (exact) mass is 251 g/mol. The first-order valence-corrected chi connectivity index (χ1v) is 7.53. The van der Waals surface area contributed by atoms with E-state index in [9.17, 15) is 4.79 Å². The van der Waals surface area contributed by atoms with Crippen LogP contribution in [-0.2, 0) is 4.79 Å². The van der Waals surface area contributed by atoms with Gasteiger partial charge in [-0.25, -0.2) is 0 Å². The molecule has 3 rings (SSSR count). The number of fused-ring (bicyclic) bond motifs is 1. The van der Waals surface area contributed by atoms with E-state index in [-0.39, 0.29) is 0 Å². The highest BCUT2D eigenvalue weighted by molar-refractivity contribution is 5.78. The number of hydrogen-bond donors (Lipinski definition) is 1. The van der Waals surface area contributed by atoms with Crippen LogP contribution in [0.25, 0.3) is 0 Å². The quantitative estimate of drug-likeness (QED) is 0.790. The van der Waals surface area contributed by atoms with Crippen molar-refractivity contribution in [2.24, 2.45) is 11.7 Å². The van der Waals surface area contributed by atoms with Crippen molar-refractivity contribution in [3.8, 4) is 0 Å². The second-order valence-corrected chi connectivity index (χ2v) is 6.12. The van der Waals surface area contributed by atoms with Crippen LogP contribution in [0.3, 0.4) is 0 Å². The molecule has 2 heterocycles. The van der Waals surface area contributed by atoms with E-state index in [0.717, 1.165) is 39.0 Å². The molecule has 2 N–H and O–H groups in total. The molecule has 4 heteroatoms. The third kappa shape index (κ3) is 2.16. The Hall–Kier alpha value is -0.610. The number of rotatable bonds is 2. The summed E-state index contributed by atoms with van der Waals surface area (Å²) >= 11 is 0. The first-order chi connectivity index (χ1) is 8.79. The molecule has 3 aliphatic rings. The highest BCUT2D eigenvalue weighted by Gasteiger charge is 2.39. The summed E-state index contributed by atoms with van der Waals surface area (Å²) in [7, 11) is 0. The first-order valence-electron chi connectivity index (χ1n) is 7.53. The average Bonchev–Trinajstić information content (AvgIpc) is 2.80. The summed E-state index contributed by atoms with van der Waals surface area (Å²) in [6, 6.07) is 1.17. The maximum Gasteiger partial charge on any atom is 0.222 e. The van der Waals surface area contributed by atoms with Crippen LogP contribution >= 0.6 is 0 Å². The second-order valence-electron chi connectivity index (χ2n) is 6.12. The Morgan fingerprint density at radius 3 is 2.83 bits per heavy atom. The van der Waals surface area contributed by atoms with Gasteiger partial charge in [0.1, 0.15) is 0 Å². The fourth-order valence-electron chi connectivity index (χ4n) is 4.13. The zero-order valence-corrected chi connectivity index (χ0v) is 11.2. The van der Waals surface area contributed by atoms with Crippen molar-refractivity contribution >= 4 is 5.91 Å². The number of hydrogen-bond acceptors (Lipinski definition) is 3. The molecule has 1 aliphatic carbocycles. The molecule has 0 aromatic rings. The molecule has 3 unspecified atom stereocenters. The Morgan fingerprint density at radius 1 is 1.17 bits per heavy atom. The number of carbonyl (C=O) groups is 1. The van der Waals surface area contributed by atoms with Crippen molar-refractivity contribution in [2.45, 2.75) is 50.6 Å². The molecule has 0 spiro atoms. The Labute approximate surface area is 109 Å². The lowest BCUT2D eigenvalue weighted by atomic mass is 9.83. The molecule has 102 valence electrons. The fraction of sp³-hybridized carbons (Fsp3) is 0.929. The van der Waals surface area contributed by atoms with E-state index in [0.29, 0.717) is 23.9 Å². The molecule has 1 amide bonds. The van der Waals surface area contributed by atoms with Crippen molar-refractivity contribution in [1.29, 1.82) is 0 Å². The van der Waals surface area contributed by atoms with Crippen LogP contribution in [0.2, 0.25) is 0 Å². The lowest BCUT2D eigenvalue weighted by Crippen LogP contribution is -2.57. The van der Waals surface area contributed by atoms with E-state index in [1.165, 1.54) is 25.7 Å². The SMILES string of the molecule is NCC1CCCCC1N1CCN2C(=O)CCC2C1. The van der Waals surface area contributed by atoms with Crippen LogP contribution in [0, 0.1) is 5.92 Å². The molecule has 1 saturated carbocycles. The van der Waals surface area contributed by atoms with Gasteiger partial charge in [0, 0.05) is 38.1 Å². The maximum atomic E-state index is 11.7. The van der Waals surface area contributed by atoms with E-state index in [1.807, 2.05) is 0 Å². The topological polar surface area (TPSA) is 49.6 Å². The number of carbonyl (C=O) groups excluding carboxylic acids is 1. The minimum Gasteiger partial charge on any atom is -0.337 e. The van der Waals surface area contributed by atoms with Gasteiger partial charge < -0.3 is 10.6 Å². The predicted octanol–water partition coefficient (Wildman–Crippen LogP) is 0.810. The zero-order valence-electron chi connectivity index (χ0n) is 11.2. The molecule has 0 bridgehead atoms. The largest absolute Gasteiger partial charge is 0.337 e. The van der Waals surface area contributed by atoms with Gasteiger partial charge in [-0.15, -0.1) is 0 Å². The Bertz CT molecular complexity index is 320. The average molecular weight is 251 g/mol. The Balaban J connectivity index is 1.65. The van der Waals surface area contributed by atoms with Crippen LogP contribution in [0.15, 0.2) is 0 Å². The summed E-state index contributed by atoms with van der Waals surface area (Å²) in [5.74, 6) is 1.06. The van der Waals surface area contributed by atoms with Crippen molar-refractivity contribution in [2.75, 3.05) is 26.2 Å². The molecular formula is C14H25N3O. The second kappa shape index (κ2) is 5.17. The lowest BCUT2D eigenvalue weighted by Gasteiger charge is -2.45. The minimum absolute atomic E-state index is 0.374. The van der Waals surface area contributed by atoms with E-state index >= 15 is 0 Å². The van der Waals surface area contributed by atoms with E-state index in [4.69, 9.17) is 5.73 Å². The van der Waals surface area contributed by atoms with Crippen LogP contribution in [0.1, 0.15) is 38.5 Å². The summed E-state index contributed by atoms with van der Waals surface area (Å²) in [5.41, 5.74) is 5.94. The third-order valence-electron chi connectivity index (χ3n) is 5.17. The van der Waals surface area contributed by atoms with E-state index in [2.05, 4.69) is 9.80 Å². The summed E-state index contributed by atoms with van der Waals surface area (Å²) in [6.45, 7) is 3.92. The van der Waals surface area contributed by atoms with Gasteiger partial charge in [-0.05, 0) is 31.7 Å². The van der Waals surface area contributed by atoms with Gasteiger partial charge in [0.05, 0.1) is 0 Å². The molecule has 2 aliphatic heterocycles. The van der Waals surface area contributed by atoms with Gasteiger partial charge in [0.2, 0.25) is 5.91 Å². The smallest absolute Gasteiger partial charge is 0.222 e. The molecule has 3 atom stereocenters. The summed E-state index contributed by atoms with van der Waals surface area (Å²) < 4.78 is 0. The number of nitrogens with two attached hydrogens (primary N) is 1. The van der Waals surface area contributed by atoms with Crippen molar-refractivity contribution < 1.29 is 4.79 Å². The molecule has 0 aromatic heterocycles. The molecule has 4 nitrogen and oxygen atoms in total. The third-order valence-corrected chi connectivity index (χ3v) is 5.17. The van der Waals surface area contributed by atoms with Crippen LogP contribution in [-0.4, -0.2) is 54.0 Å². The normalized spacial score (nSPS) is 37.9. The van der Waals surface area contributed by atoms with E-state index in [1.54, 1.807) is 0 Å². The highest BCUT2D eigenvalue weighted by Crippen LogP contribution is 2.31. The fourth-order valence-corrected chi connectivity index (χ4v) is 4.13. The van der Waals surface area contributed by atoms with Crippen molar-refractivity contribution in [1.82, 2.24) is 9.80 Å². The molecule has 0 aromatic carbocycles. The van der Waals surface area contributed by atoms with Crippen LogP contribution in [0.4, 0.5) is 0 Å². The number of nitrogens with zero attached hydrogens (tertiary/aromatic N) is 2. The molecule has 0 radical (unpaired) electrons. The summed E-state index contributed by atoms with van der Waals surface area (Å²) in [5, 5.41) is 0. The van der Waals surface area contributed by atoms with Crippen molar-refractivity contribution in [3.05, 3.63) is 0 Å². The first kappa shape index (κ1) is 12.4. The van der Waals surface area contributed by atoms with Crippen LogP contribution < -0.4 is 5.73 Å². The summed E-state index contributed by atoms with van der Waals surface area (Å²) in [6.07, 6.45) is 7.14. The van der Waals surface area contributed by atoms with Gasteiger partial charge >= 0.3 is 0 Å². The molecule has 18 heavy (non-hydrogen) atoms. The Kier molecular flexibility index (Phi) is 3.57. The number of piperazine rings is 1. The summed E-state index contributed by atoms with van der Waals surface area (Å²) in [4.78, 5) is 16.4. The molecular weight excluding hydrogens is 226 g/mol. The van der Waals surface area contributed by atoms with Gasteiger partial charge in [0.15, 0.2) is 0 Å². The van der Waals surface area contributed by atoms with Crippen molar-refractivity contribution in [3.63, 3.8) is 0 Å². The zero-order chi connectivity index (χ0) is 12.5. The van der Waals surface area contributed by atoms with Gasteiger partial charge in [-0.2, -0.15) is 0 Å².